The molecule has 1 saturated heterocycles. The van der Waals surface area contributed by atoms with E-state index in [1.807, 2.05) is 42.5 Å². The highest BCUT2D eigenvalue weighted by Crippen LogP contribution is 2.36. The van der Waals surface area contributed by atoms with Gasteiger partial charge in [-0.3, -0.25) is 14.0 Å². The molecule has 1 atom stereocenters. The molecule has 0 aliphatic carbocycles. The Labute approximate surface area is 225 Å². The summed E-state index contributed by atoms with van der Waals surface area (Å²) >= 11 is 1.41. The Morgan fingerprint density at radius 2 is 1.95 bits per heavy atom. The van der Waals surface area contributed by atoms with Gasteiger partial charge in [0.2, 0.25) is 0 Å². The van der Waals surface area contributed by atoms with Crippen molar-refractivity contribution in [3.63, 3.8) is 0 Å². The van der Waals surface area contributed by atoms with Gasteiger partial charge in [0, 0.05) is 18.7 Å². The second kappa shape index (κ2) is 10.0. The van der Waals surface area contributed by atoms with E-state index in [2.05, 4.69) is 0 Å². The summed E-state index contributed by atoms with van der Waals surface area (Å²) < 4.78 is 40.5. The molecule has 0 bridgehead atoms. The van der Waals surface area contributed by atoms with Gasteiger partial charge in [-0.1, -0.05) is 35.6 Å². The zero-order valence-corrected chi connectivity index (χ0v) is 22.5. The van der Waals surface area contributed by atoms with Crippen LogP contribution in [0.4, 0.5) is 10.8 Å². The Morgan fingerprint density at radius 1 is 1.13 bits per heavy atom. The standard InChI is InChI=1S/C28H27N3O5S2/c1-35-24-9-4-10-25-26(24)29-28(37-25)30(18-21-7-5-17-36-21)27(32)20-11-13-22(14-12-20)38(33,34)31-16-15-19-6-2-3-8-23(19)31/h2-4,6,8-14,21H,5,7,15-18H2,1H3. The number of amides is 1. The minimum absolute atomic E-state index is 0.0808. The fourth-order valence-electron chi connectivity index (χ4n) is 5.04. The van der Waals surface area contributed by atoms with Crippen molar-refractivity contribution < 1.29 is 22.7 Å². The van der Waals surface area contributed by atoms with Crippen LogP contribution in [0.5, 0.6) is 5.75 Å². The van der Waals surface area contributed by atoms with Crippen LogP contribution in [0.3, 0.4) is 0 Å². The van der Waals surface area contributed by atoms with Crippen molar-refractivity contribution in [1.82, 2.24) is 4.98 Å². The number of sulfonamides is 1. The molecule has 1 fully saturated rings. The maximum absolute atomic E-state index is 13.8. The zero-order valence-electron chi connectivity index (χ0n) is 20.9. The van der Waals surface area contributed by atoms with Crippen molar-refractivity contribution in [2.24, 2.45) is 0 Å². The first-order valence-corrected chi connectivity index (χ1v) is 14.8. The highest BCUT2D eigenvalue weighted by molar-refractivity contribution is 7.92. The lowest BCUT2D eigenvalue weighted by atomic mass is 10.2. The number of carbonyl (C=O) groups is 1. The Kier molecular flexibility index (Phi) is 6.55. The summed E-state index contributed by atoms with van der Waals surface area (Å²) in [6.45, 7) is 1.44. The van der Waals surface area contributed by atoms with Crippen LogP contribution in [-0.4, -0.2) is 52.2 Å². The third-order valence-electron chi connectivity index (χ3n) is 7.01. The van der Waals surface area contributed by atoms with Gasteiger partial charge in [-0.2, -0.15) is 0 Å². The smallest absolute Gasteiger partial charge is 0.264 e. The van der Waals surface area contributed by atoms with Crippen LogP contribution in [0.15, 0.2) is 71.6 Å². The van der Waals surface area contributed by atoms with Gasteiger partial charge in [0.1, 0.15) is 11.3 Å². The van der Waals surface area contributed by atoms with Gasteiger partial charge >= 0.3 is 0 Å². The number of carbonyl (C=O) groups excluding carboxylic acids is 1. The van der Waals surface area contributed by atoms with E-state index in [4.69, 9.17) is 14.5 Å². The molecule has 2 aliphatic heterocycles. The highest BCUT2D eigenvalue weighted by atomic mass is 32.2. The number of methoxy groups -OCH3 is 1. The number of para-hydroxylation sites is 2. The number of aromatic nitrogens is 1. The Morgan fingerprint density at radius 3 is 2.71 bits per heavy atom. The number of ether oxygens (including phenoxy) is 2. The Bertz CT molecular complexity index is 1590. The molecule has 1 unspecified atom stereocenters. The number of benzene rings is 3. The molecule has 196 valence electrons. The molecule has 0 radical (unpaired) electrons. The zero-order chi connectivity index (χ0) is 26.3. The van der Waals surface area contributed by atoms with E-state index in [0.29, 0.717) is 53.8 Å². The highest BCUT2D eigenvalue weighted by Gasteiger charge is 2.32. The van der Waals surface area contributed by atoms with Gasteiger partial charge in [0.25, 0.3) is 15.9 Å². The van der Waals surface area contributed by atoms with Crippen LogP contribution < -0.4 is 13.9 Å². The van der Waals surface area contributed by atoms with Crippen molar-refractivity contribution in [3.05, 3.63) is 77.9 Å². The van der Waals surface area contributed by atoms with Gasteiger partial charge in [0.05, 0.1) is 35.0 Å². The van der Waals surface area contributed by atoms with Gasteiger partial charge in [0.15, 0.2) is 5.13 Å². The number of nitrogens with zero attached hydrogens (tertiary/aromatic N) is 3. The quantitative estimate of drug-likeness (QED) is 0.326. The number of thiazole rings is 1. The first-order valence-electron chi connectivity index (χ1n) is 12.5. The van der Waals surface area contributed by atoms with E-state index in [1.165, 1.54) is 27.8 Å². The molecular formula is C28H27N3O5S2. The molecule has 6 rings (SSSR count). The molecular weight excluding hydrogens is 522 g/mol. The molecule has 0 saturated carbocycles. The van der Waals surface area contributed by atoms with Crippen LogP contribution >= 0.6 is 11.3 Å². The Hall–Kier alpha value is -3.47. The van der Waals surface area contributed by atoms with E-state index in [0.717, 1.165) is 23.1 Å². The molecule has 1 aromatic heterocycles. The summed E-state index contributed by atoms with van der Waals surface area (Å²) in [4.78, 5) is 20.3. The van der Waals surface area contributed by atoms with Crippen LogP contribution in [-0.2, 0) is 21.2 Å². The summed E-state index contributed by atoms with van der Waals surface area (Å²) in [6, 6.07) is 19.4. The van der Waals surface area contributed by atoms with E-state index >= 15 is 0 Å². The lowest BCUT2D eigenvalue weighted by Crippen LogP contribution is -2.37. The van der Waals surface area contributed by atoms with Crippen LogP contribution in [0, 0.1) is 0 Å². The van der Waals surface area contributed by atoms with E-state index in [1.54, 1.807) is 24.1 Å². The number of rotatable bonds is 7. The SMILES string of the molecule is COc1cccc2sc(N(CC3CCCO3)C(=O)c3ccc(S(=O)(=O)N4CCc5ccccc54)cc3)nc12. The maximum Gasteiger partial charge on any atom is 0.264 e. The normalized spacial score (nSPS) is 17.1. The number of hydrogen-bond donors (Lipinski definition) is 0. The average Bonchev–Trinajstić information content (AvgIpc) is 3.70. The van der Waals surface area contributed by atoms with Gasteiger partial charge < -0.3 is 9.47 Å². The lowest BCUT2D eigenvalue weighted by molar-refractivity contribution is 0.0917. The van der Waals surface area contributed by atoms with Gasteiger partial charge in [-0.25, -0.2) is 13.4 Å². The lowest BCUT2D eigenvalue weighted by Gasteiger charge is -2.23. The molecule has 0 N–H and O–H groups in total. The molecule has 0 spiro atoms. The third-order valence-corrected chi connectivity index (χ3v) is 9.88. The Balaban J connectivity index is 1.31. The van der Waals surface area contributed by atoms with Crippen LogP contribution in [0.2, 0.25) is 0 Å². The van der Waals surface area contributed by atoms with E-state index in [-0.39, 0.29) is 16.9 Å². The minimum atomic E-state index is -3.75. The van der Waals surface area contributed by atoms with Gasteiger partial charge in [-0.05, 0) is 67.3 Å². The summed E-state index contributed by atoms with van der Waals surface area (Å²) in [7, 11) is -2.15. The van der Waals surface area contributed by atoms with E-state index < -0.39 is 10.0 Å². The largest absolute Gasteiger partial charge is 0.494 e. The molecule has 10 heteroatoms. The topological polar surface area (TPSA) is 89.0 Å². The summed E-state index contributed by atoms with van der Waals surface area (Å²) in [5, 5.41) is 0.551. The average molecular weight is 550 g/mol. The monoisotopic (exact) mass is 549 g/mol. The fourth-order valence-corrected chi connectivity index (χ4v) is 7.54. The molecule has 3 heterocycles. The summed E-state index contributed by atoms with van der Waals surface area (Å²) in [5.41, 5.74) is 2.81. The third kappa shape index (κ3) is 4.42. The fraction of sp³-hybridized carbons (Fsp3) is 0.286. The van der Waals surface area contributed by atoms with Crippen molar-refractivity contribution in [2.45, 2.75) is 30.3 Å². The van der Waals surface area contributed by atoms with Crippen molar-refractivity contribution >= 4 is 48.3 Å². The second-order valence-electron chi connectivity index (χ2n) is 9.33. The first-order chi connectivity index (χ1) is 18.5. The number of fused-ring (bicyclic) bond motifs is 2. The first kappa shape index (κ1) is 24.8. The molecule has 3 aromatic carbocycles. The molecule has 2 aliphatic rings. The predicted octanol–water partition coefficient (Wildman–Crippen LogP) is 4.88. The van der Waals surface area contributed by atoms with E-state index in [9.17, 15) is 13.2 Å². The molecule has 38 heavy (non-hydrogen) atoms. The summed E-state index contributed by atoms with van der Waals surface area (Å²) in [6.07, 6.45) is 2.42. The molecule has 8 nitrogen and oxygen atoms in total. The maximum atomic E-state index is 13.8. The van der Waals surface area contributed by atoms with Crippen LogP contribution in [0.25, 0.3) is 10.2 Å². The van der Waals surface area contributed by atoms with Gasteiger partial charge in [-0.15, -0.1) is 0 Å². The van der Waals surface area contributed by atoms with Crippen molar-refractivity contribution in [2.75, 3.05) is 36.0 Å². The van der Waals surface area contributed by atoms with Crippen molar-refractivity contribution in [1.29, 1.82) is 0 Å². The molecule has 1 amide bonds. The van der Waals surface area contributed by atoms with Crippen molar-refractivity contribution in [3.8, 4) is 5.75 Å². The molecule has 4 aromatic rings. The summed E-state index contributed by atoms with van der Waals surface area (Å²) in [5.74, 6) is 0.390. The number of hydrogen-bond acceptors (Lipinski definition) is 7. The second-order valence-corrected chi connectivity index (χ2v) is 12.2. The van der Waals surface area contributed by atoms with Crippen LogP contribution in [0.1, 0.15) is 28.8 Å². The number of anilines is 2. The minimum Gasteiger partial charge on any atom is -0.494 e. The predicted molar refractivity (Wildman–Crippen MR) is 148 cm³/mol.